The Morgan fingerprint density at radius 1 is 1.00 bits per heavy atom. The third-order valence-electron chi connectivity index (χ3n) is 3.66. The molecule has 2 aromatic rings. The Morgan fingerprint density at radius 3 is 1.97 bits per heavy atom. The van der Waals surface area contributed by atoms with E-state index in [-0.39, 0.29) is 22.3 Å². The lowest BCUT2D eigenvalue weighted by Crippen LogP contribution is -2.28. The van der Waals surface area contributed by atoms with E-state index in [2.05, 4.69) is 10.6 Å². The zero-order chi connectivity index (χ0) is 22.0. The van der Waals surface area contributed by atoms with E-state index >= 15 is 0 Å². The predicted octanol–water partition coefficient (Wildman–Crippen LogP) is 5.93. The Morgan fingerprint density at radius 2 is 1.52 bits per heavy atom. The second-order valence-electron chi connectivity index (χ2n) is 5.81. The number of aliphatic hydroxyl groups excluding tert-OH is 1. The summed E-state index contributed by atoms with van der Waals surface area (Å²) in [5.74, 6) is 0. The fourth-order valence-electron chi connectivity index (χ4n) is 2.21. The second kappa shape index (κ2) is 8.68. The zero-order valence-electron chi connectivity index (χ0n) is 14.1. The van der Waals surface area contributed by atoms with Crippen molar-refractivity contribution in [2.75, 3.05) is 5.32 Å². The lowest BCUT2D eigenvalue weighted by Gasteiger charge is -2.17. The van der Waals surface area contributed by atoms with Crippen LogP contribution in [0.4, 0.5) is 36.8 Å². The largest absolute Gasteiger partial charge is 0.418 e. The number of aliphatic hydroxyl groups is 1. The molecule has 29 heavy (non-hydrogen) atoms. The monoisotopic (exact) mass is 460 g/mol. The predicted molar refractivity (Wildman–Crippen MR) is 94.8 cm³/mol. The van der Waals surface area contributed by atoms with Crippen LogP contribution < -0.4 is 10.6 Å². The Hall–Kier alpha value is -2.17. The summed E-state index contributed by atoms with van der Waals surface area (Å²) in [6.07, 6.45) is -12.2. The molecule has 0 radical (unpaired) electrons. The van der Waals surface area contributed by atoms with E-state index in [1.807, 2.05) is 0 Å². The first kappa shape index (κ1) is 23.1. The SMILES string of the molecule is O=C(NCc1ccc(C(F)(F)F)cc1)Nc1c(Cl)cc([C@@H](O)C(F)(F)F)cc1Cl. The van der Waals surface area contributed by atoms with Crippen molar-refractivity contribution in [2.24, 2.45) is 0 Å². The van der Waals surface area contributed by atoms with Crippen LogP contribution in [0.5, 0.6) is 0 Å². The van der Waals surface area contributed by atoms with Crippen molar-refractivity contribution in [1.82, 2.24) is 5.32 Å². The Bertz CT molecular complexity index is 862. The highest BCUT2D eigenvalue weighted by Gasteiger charge is 2.40. The van der Waals surface area contributed by atoms with Crippen molar-refractivity contribution < 1.29 is 36.2 Å². The quantitative estimate of drug-likeness (QED) is 0.495. The van der Waals surface area contributed by atoms with Crippen molar-refractivity contribution in [3.05, 3.63) is 63.1 Å². The molecule has 0 fully saturated rings. The summed E-state index contributed by atoms with van der Waals surface area (Å²) in [4.78, 5) is 11.9. The van der Waals surface area contributed by atoms with Crippen LogP contribution in [0.2, 0.25) is 10.0 Å². The van der Waals surface area contributed by atoms with Crippen LogP contribution in [0.1, 0.15) is 22.8 Å². The molecule has 0 aliphatic rings. The first-order chi connectivity index (χ1) is 13.3. The number of hydrogen-bond donors (Lipinski definition) is 3. The standard InChI is InChI=1S/C17H12Cl2F6N2O2/c18-11-5-9(14(28)17(23,24)25)6-12(19)13(11)27-15(29)26-7-8-1-3-10(4-2-8)16(20,21)22/h1-6,14,28H,7H2,(H2,26,27,29)/t14-/m1/s1. The molecule has 2 aromatic carbocycles. The maximum Gasteiger partial charge on any atom is 0.418 e. The molecule has 3 N–H and O–H groups in total. The highest BCUT2D eigenvalue weighted by atomic mass is 35.5. The van der Waals surface area contributed by atoms with Crippen LogP contribution >= 0.6 is 23.2 Å². The molecular formula is C17H12Cl2F6N2O2. The molecule has 2 amide bonds. The van der Waals surface area contributed by atoms with Gasteiger partial charge in [-0.15, -0.1) is 0 Å². The molecule has 1 atom stereocenters. The number of rotatable bonds is 4. The first-order valence-corrected chi connectivity index (χ1v) is 8.49. The lowest BCUT2D eigenvalue weighted by molar-refractivity contribution is -0.206. The van der Waals surface area contributed by atoms with Crippen molar-refractivity contribution in [2.45, 2.75) is 25.0 Å². The number of hydrogen-bond acceptors (Lipinski definition) is 2. The number of amides is 2. The van der Waals surface area contributed by atoms with Crippen molar-refractivity contribution in [1.29, 1.82) is 0 Å². The Kier molecular flexibility index (Phi) is 6.92. The van der Waals surface area contributed by atoms with Gasteiger partial charge in [0, 0.05) is 6.54 Å². The van der Waals surface area contributed by atoms with Crippen LogP contribution in [0.3, 0.4) is 0 Å². The van der Waals surface area contributed by atoms with Crippen LogP contribution in [-0.4, -0.2) is 17.3 Å². The first-order valence-electron chi connectivity index (χ1n) is 7.73. The van der Waals surface area contributed by atoms with E-state index < -0.39 is 35.6 Å². The van der Waals surface area contributed by atoms with Crippen molar-refractivity contribution >= 4 is 34.9 Å². The number of anilines is 1. The number of alkyl halides is 6. The maximum absolute atomic E-state index is 12.6. The fraction of sp³-hybridized carbons (Fsp3) is 0.235. The second-order valence-corrected chi connectivity index (χ2v) is 6.62. The molecule has 0 aromatic heterocycles. The van der Waals surface area contributed by atoms with E-state index in [1.54, 1.807) is 0 Å². The molecule has 12 heteroatoms. The van der Waals surface area contributed by atoms with Gasteiger partial charge in [-0.25, -0.2) is 4.79 Å². The fourth-order valence-corrected chi connectivity index (χ4v) is 2.81. The third-order valence-corrected chi connectivity index (χ3v) is 4.26. The number of carbonyl (C=O) groups excluding carboxylic acids is 1. The third kappa shape index (κ3) is 6.15. The smallest absolute Gasteiger partial charge is 0.379 e. The van der Waals surface area contributed by atoms with Gasteiger partial charge in [-0.2, -0.15) is 26.3 Å². The van der Waals surface area contributed by atoms with Gasteiger partial charge in [0.2, 0.25) is 0 Å². The highest BCUT2D eigenvalue weighted by Crippen LogP contribution is 2.38. The minimum atomic E-state index is -4.93. The van der Waals surface area contributed by atoms with Crippen LogP contribution in [0.25, 0.3) is 0 Å². The normalized spacial score (nSPS) is 13.1. The number of halogens is 8. The van der Waals surface area contributed by atoms with E-state index in [0.29, 0.717) is 5.56 Å². The van der Waals surface area contributed by atoms with Gasteiger partial charge in [-0.3, -0.25) is 0 Å². The van der Waals surface area contributed by atoms with Crippen LogP contribution in [0.15, 0.2) is 36.4 Å². The minimum Gasteiger partial charge on any atom is -0.379 e. The molecule has 158 valence electrons. The summed E-state index contributed by atoms with van der Waals surface area (Å²) in [5.41, 5.74) is -1.28. The number of benzene rings is 2. The van der Waals surface area contributed by atoms with Gasteiger partial charge in [0.1, 0.15) is 0 Å². The average Bonchev–Trinajstić information content (AvgIpc) is 2.61. The van der Waals surface area contributed by atoms with E-state index in [1.165, 1.54) is 12.1 Å². The summed E-state index contributed by atoms with van der Waals surface area (Å²) in [5, 5.41) is 13.1. The van der Waals surface area contributed by atoms with Gasteiger partial charge in [-0.1, -0.05) is 35.3 Å². The van der Waals surface area contributed by atoms with Crippen molar-refractivity contribution in [3.8, 4) is 0 Å². The Labute approximate surface area is 170 Å². The van der Waals surface area contributed by atoms with E-state index in [0.717, 1.165) is 24.3 Å². The number of carbonyl (C=O) groups is 1. The number of nitrogens with one attached hydrogen (secondary N) is 2. The molecular weight excluding hydrogens is 449 g/mol. The topological polar surface area (TPSA) is 61.4 Å². The summed E-state index contributed by atoms with van der Waals surface area (Å²) in [7, 11) is 0. The summed E-state index contributed by atoms with van der Waals surface area (Å²) in [6, 6.07) is 4.82. The molecule has 4 nitrogen and oxygen atoms in total. The van der Waals surface area contributed by atoms with E-state index in [9.17, 15) is 36.2 Å². The zero-order valence-corrected chi connectivity index (χ0v) is 15.6. The molecule has 2 rings (SSSR count). The van der Waals surface area contributed by atoms with Crippen LogP contribution in [-0.2, 0) is 12.7 Å². The summed E-state index contributed by atoms with van der Waals surface area (Å²) >= 11 is 11.7. The molecule has 0 aliphatic heterocycles. The summed E-state index contributed by atoms with van der Waals surface area (Å²) < 4.78 is 75.3. The van der Waals surface area contributed by atoms with Gasteiger partial charge in [0.15, 0.2) is 6.10 Å². The van der Waals surface area contributed by atoms with Gasteiger partial charge < -0.3 is 15.7 Å². The van der Waals surface area contributed by atoms with Gasteiger partial charge in [0.25, 0.3) is 0 Å². The molecule has 0 heterocycles. The summed E-state index contributed by atoms with van der Waals surface area (Å²) in [6.45, 7) is -0.135. The highest BCUT2D eigenvalue weighted by molar-refractivity contribution is 6.39. The number of urea groups is 1. The van der Waals surface area contributed by atoms with E-state index in [4.69, 9.17) is 23.2 Å². The van der Waals surface area contributed by atoms with Gasteiger partial charge in [-0.05, 0) is 35.4 Å². The molecule has 0 spiro atoms. The van der Waals surface area contributed by atoms with Crippen LogP contribution in [0, 0.1) is 0 Å². The molecule has 0 saturated carbocycles. The molecule has 0 saturated heterocycles. The van der Waals surface area contributed by atoms with Gasteiger partial charge in [0.05, 0.1) is 21.3 Å². The molecule has 0 bridgehead atoms. The van der Waals surface area contributed by atoms with Gasteiger partial charge >= 0.3 is 18.4 Å². The Balaban J connectivity index is 2.04. The average molecular weight is 461 g/mol. The molecule has 0 unspecified atom stereocenters. The lowest BCUT2D eigenvalue weighted by atomic mass is 10.1. The molecule has 0 aliphatic carbocycles. The minimum absolute atomic E-state index is 0.135. The maximum atomic E-state index is 12.6. The van der Waals surface area contributed by atoms with Crippen molar-refractivity contribution in [3.63, 3.8) is 0 Å².